The standard InChI is InChI=1S/C19H17BrF2N2O4/c1-19(12-4-3-5-13(20)9-12)16(25)24(18(26)23-19)10-11-6-7-14(28-17(21)22)15(8-11)27-2/h3-9,17H,10H2,1-2H3,(H,23,26)/t19-/m1/s1. The molecule has 1 N–H and O–H groups in total. The molecule has 0 unspecified atom stereocenters. The summed E-state index contributed by atoms with van der Waals surface area (Å²) in [5, 5.41) is 2.72. The molecule has 0 aromatic heterocycles. The van der Waals surface area contributed by atoms with Crippen LogP contribution in [0.4, 0.5) is 13.6 Å². The molecule has 2 aromatic carbocycles. The van der Waals surface area contributed by atoms with Crippen LogP contribution in [0.25, 0.3) is 0 Å². The minimum atomic E-state index is -2.99. The Labute approximate surface area is 168 Å². The molecule has 148 valence electrons. The normalized spacial score (nSPS) is 19.1. The number of halogens is 3. The number of alkyl halides is 2. The Morgan fingerprint density at radius 2 is 1.93 bits per heavy atom. The molecule has 3 rings (SSSR count). The van der Waals surface area contributed by atoms with Crippen molar-refractivity contribution < 1.29 is 27.8 Å². The average Bonchev–Trinajstić information content (AvgIpc) is 2.86. The number of benzene rings is 2. The number of amides is 3. The van der Waals surface area contributed by atoms with E-state index >= 15 is 0 Å². The summed E-state index contributed by atoms with van der Waals surface area (Å²) in [4.78, 5) is 26.5. The van der Waals surface area contributed by atoms with E-state index in [1.807, 2.05) is 6.07 Å². The fraction of sp³-hybridized carbons (Fsp3) is 0.263. The zero-order chi connectivity index (χ0) is 20.5. The zero-order valence-electron chi connectivity index (χ0n) is 15.0. The summed E-state index contributed by atoms with van der Waals surface area (Å²) in [6.45, 7) is -1.40. The molecular weight excluding hydrogens is 438 g/mol. The first-order valence-electron chi connectivity index (χ1n) is 8.26. The third-order valence-corrected chi connectivity index (χ3v) is 4.95. The minimum Gasteiger partial charge on any atom is -0.493 e. The van der Waals surface area contributed by atoms with E-state index in [1.54, 1.807) is 25.1 Å². The fourth-order valence-corrected chi connectivity index (χ4v) is 3.42. The van der Waals surface area contributed by atoms with Gasteiger partial charge in [-0.25, -0.2) is 4.79 Å². The Hall–Kier alpha value is -2.68. The monoisotopic (exact) mass is 454 g/mol. The Kier molecular flexibility index (Phi) is 5.55. The largest absolute Gasteiger partial charge is 0.493 e. The Morgan fingerprint density at radius 1 is 1.18 bits per heavy atom. The number of methoxy groups -OCH3 is 1. The molecule has 1 fully saturated rings. The van der Waals surface area contributed by atoms with E-state index in [0.29, 0.717) is 11.1 Å². The fourth-order valence-electron chi connectivity index (χ4n) is 3.02. The Balaban J connectivity index is 1.85. The first-order valence-corrected chi connectivity index (χ1v) is 9.06. The second-order valence-electron chi connectivity index (χ2n) is 6.32. The molecule has 1 saturated heterocycles. The molecule has 0 bridgehead atoms. The number of nitrogens with zero attached hydrogens (tertiary/aromatic N) is 1. The van der Waals surface area contributed by atoms with Crippen LogP contribution in [-0.4, -0.2) is 30.6 Å². The van der Waals surface area contributed by atoms with Gasteiger partial charge in [0.25, 0.3) is 5.91 Å². The van der Waals surface area contributed by atoms with Crippen molar-refractivity contribution >= 4 is 27.9 Å². The van der Waals surface area contributed by atoms with Crippen LogP contribution in [0.15, 0.2) is 46.9 Å². The second kappa shape index (κ2) is 7.75. The van der Waals surface area contributed by atoms with Crippen LogP contribution in [0.3, 0.4) is 0 Å². The lowest BCUT2D eigenvalue weighted by atomic mass is 9.92. The molecule has 6 nitrogen and oxygen atoms in total. The highest BCUT2D eigenvalue weighted by Crippen LogP contribution is 2.33. The van der Waals surface area contributed by atoms with Crippen LogP contribution in [0.1, 0.15) is 18.1 Å². The minimum absolute atomic E-state index is 0.0421. The SMILES string of the molecule is COc1cc(CN2C(=O)N[C@](C)(c3cccc(Br)c3)C2=O)ccc1OC(F)F. The summed E-state index contributed by atoms with van der Waals surface area (Å²) >= 11 is 3.36. The summed E-state index contributed by atoms with van der Waals surface area (Å²) in [7, 11) is 1.31. The highest BCUT2D eigenvalue weighted by atomic mass is 79.9. The number of ether oxygens (including phenoxy) is 2. The first kappa shape index (κ1) is 20.1. The molecule has 0 saturated carbocycles. The first-order chi connectivity index (χ1) is 13.2. The Morgan fingerprint density at radius 3 is 2.57 bits per heavy atom. The van der Waals surface area contributed by atoms with E-state index in [9.17, 15) is 18.4 Å². The van der Waals surface area contributed by atoms with Gasteiger partial charge in [-0.2, -0.15) is 8.78 Å². The molecule has 0 spiro atoms. The van der Waals surface area contributed by atoms with Gasteiger partial charge in [-0.3, -0.25) is 9.69 Å². The Bertz CT molecular complexity index is 925. The summed E-state index contributed by atoms with van der Waals surface area (Å²) in [5.74, 6) is -0.459. The van der Waals surface area contributed by atoms with Gasteiger partial charge < -0.3 is 14.8 Å². The van der Waals surface area contributed by atoms with Crippen molar-refractivity contribution in [3.63, 3.8) is 0 Å². The molecule has 1 aliphatic rings. The summed E-state index contributed by atoms with van der Waals surface area (Å²) in [6.07, 6.45) is 0. The lowest BCUT2D eigenvalue weighted by Crippen LogP contribution is -2.40. The van der Waals surface area contributed by atoms with E-state index in [4.69, 9.17) is 4.74 Å². The highest BCUT2D eigenvalue weighted by Gasteiger charge is 2.48. The molecule has 3 amide bonds. The van der Waals surface area contributed by atoms with Gasteiger partial charge in [-0.1, -0.05) is 34.1 Å². The van der Waals surface area contributed by atoms with Gasteiger partial charge in [-0.15, -0.1) is 0 Å². The van der Waals surface area contributed by atoms with Crippen molar-refractivity contribution in [2.45, 2.75) is 25.6 Å². The van der Waals surface area contributed by atoms with E-state index in [0.717, 1.165) is 9.37 Å². The molecule has 28 heavy (non-hydrogen) atoms. The quantitative estimate of drug-likeness (QED) is 0.669. The number of urea groups is 1. The number of hydrogen-bond acceptors (Lipinski definition) is 4. The number of carbonyl (C=O) groups excluding carboxylic acids is 2. The van der Waals surface area contributed by atoms with Crippen molar-refractivity contribution in [2.75, 3.05) is 7.11 Å². The topological polar surface area (TPSA) is 67.9 Å². The summed E-state index contributed by atoms with van der Waals surface area (Å²) in [5.41, 5.74) is -0.0367. The molecule has 0 radical (unpaired) electrons. The van der Waals surface area contributed by atoms with Crippen molar-refractivity contribution in [1.82, 2.24) is 10.2 Å². The predicted octanol–water partition coefficient (Wildman–Crippen LogP) is 4.03. The lowest BCUT2D eigenvalue weighted by molar-refractivity contribution is -0.131. The third-order valence-electron chi connectivity index (χ3n) is 4.46. The molecule has 9 heteroatoms. The molecular formula is C19H17BrF2N2O4. The van der Waals surface area contributed by atoms with E-state index in [2.05, 4.69) is 26.0 Å². The van der Waals surface area contributed by atoms with Crippen LogP contribution in [0.2, 0.25) is 0 Å². The molecule has 1 heterocycles. The maximum Gasteiger partial charge on any atom is 0.387 e. The van der Waals surface area contributed by atoms with Gasteiger partial charge in [-0.05, 0) is 42.3 Å². The van der Waals surface area contributed by atoms with E-state index < -0.39 is 24.1 Å². The molecule has 1 aliphatic heterocycles. The van der Waals surface area contributed by atoms with Gasteiger partial charge in [0, 0.05) is 4.47 Å². The van der Waals surface area contributed by atoms with Gasteiger partial charge in [0.2, 0.25) is 0 Å². The number of hydrogen-bond donors (Lipinski definition) is 1. The van der Waals surface area contributed by atoms with Crippen LogP contribution in [0, 0.1) is 0 Å². The summed E-state index contributed by atoms with van der Waals surface area (Å²) < 4.78 is 35.1. The van der Waals surface area contributed by atoms with Gasteiger partial charge in [0.05, 0.1) is 13.7 Å². The maximum absolute atomic E-state index is 13.0. The van der Waals surface area contributed by atoms with Crippen molar-refractivity contribution in [3.05, 3.63) is 58.1 Å². The predicted molar refractivity (Wildman–Crippen MR) is 100 cm³/mol. The number of imide groups is 1. The van der Waals surface area contributed by atoms with Gasteiger partial charge >= 0.3 is 12.6 Å². The van der Waals surface area contributed by atoms with E-state index in [-0.39, 0.29) is 18.0 Å². The van der Waals surface area contributed by atoms with Crippen LogP contribution < -0.4 is 14.8 Å². The van der Waals surface area contributed by atoms with Crippen LogP contribution in [-0.2, 0) is 16.9 Å². The number of nitrogens with one attached hydrogen (secondary N) is 1. The lowest BCUT2D eigenvalue weighted by Gasteiger charge is -2.22. The van der Waals surface area contributed by atoms with Crippen molar-refractivity contribution in [1.29, 1.82) is 0 Å². The number of rotatable bonds is 6. The highest BCUT2D eigenvalue weighted by molar-refractivity contribution is 9.10. The van der Waals surface area contributed by atoms with Crippen molar-refractivity contribution in [3.8, 4) is 11.5 Å². The summed E-state index contributed by atoms with van der Waals surface area (Å²) in [6, 6.07) is 10.8. The van der Waals surface area contributed by atoms with Crippen molar-refractivity contribution in [2.24, 2.45) is 0 Å². The molecule has 1 atom stereocenters. The number of carbonyl (C=O) groups is 2. The van der Waals surface area contributed by atoms with Crippen LogP contribution >= 0.6 is 15.9 Å². The molecule has 0 aliphatic carbocycles. The van der Waals surface area contributed by atoms with Crippen LogP contribution in [0.5, 0.6) is 11.5 Å². The van der Waals surface area contributed by atoms with Gasteiger partial charge in [0.15, 0.2) is 11.5 Å². The second-order valence-corrected chi connectivity index (χ2v) is 7.24. The molecule has 2 aromatic rings. The van der Waals surface area contributed by atoms with Gasteiger partial charge in [0.1, 0.15) is 5.54 Å². The van der Waals surface area contributed by atoms with E-state index in [1.165, 1.54) is 25.3 Å². The third kappa shape index (κ3) is 3.80. The maximum atomic E-state index is 13.0. The smallest absolute Gasteiger partial charge is 0.387 e. The average molecular weight is 455 g/mol. The zero-order valence-corrected chi connectivity index (χ0v) is 16.6.